The van der Waals surface area contributed by atoms with Crippen LogP contribution in [0.5, 0.6) is 0 Å². The fraction of sp³-hybridized carbons (Fsp3) is 0.360. The van der Waals surface area contributed by atoms with Gasteiger partial charge in [0.15, 0.2) is 0 Å². The van der Waals surface area contributed by atoms with Crippen LogP contribution in [-0.2, 0) is 32.5 Å². The van der Waals surface area contributed by atoms with Gasteiger partial charge < -0.3 is 14.5 Å². The summed E-state index contributed by atoms with van der Waals surface area (Å²) in [4.78, 5) is 27.4. The van der Waals surface area contributed by atoms with E-state index in [1.54, 1.807) is 6.07 Å². The van der Waals surface area contributed by atoms with Crippen molar-refractivity contribution >= 4 is 26.9 Å². The predicted octanol–water partition coefficient (Wildman–Crippen LogP) is 3.25. The Hall–Kier alpha value is -3.01. The van der Waals surface area contributed by atoms with Crippen molar-refractivity contribution in [1.82, 2.24) is 9.29 Å². The van der Waals surface area contributed by atoms with Crippen LogP contribution in [0.1, 0.15) is 41.3 Å². The average Bonchev–Trinajstić information content (AvgIpc) is 3.36. The number of carbonyl (C=O) groups is 1. The number of aromatic nitrogens is 1. The summed E-state index contributed by atoms with van der Waals surface area (Å²) in [7, 11) is -2.71. The normalized spacial score (nSPS) is 16.3. The second-order valence-corrected chi connectivity index (χ2v) is 10.3. The molecule has 0 amide bonds. The lowest BCUT2D eigenvalue weighted by atomic mass is 10.1. The fourth-order valence-corrected chi connectivity index (χ4v) is 5.57. The van der Waals surface area contributed by atoms with Gasteiger partial charge in [-0.05, 0) is 72.7 Å². The van der Waals surface area contributed by atoms with Crippen LogP contribution in [0.15, 0.2) is 58.2 Å². The summed E-state index contributed by atoms with van der Waals surface area (Å²) in [5, 5.41) is 0.853. The van der Waals surface area contributed by atoms with E-state index < -0.39 is 16.0 Å². The molecule has 9 heteroatoms. The van der Waals surface area contributed by atoms with Gasteiger partial charge >= 0.3 is 5.97 Å². The van der Waals surface area contributed by atoms with Crippen LogP contribution in [0.25, 0.3) is 10.9 Å². The van der Waals surface area contributed by atoms with Gasteiger partial charge in [-0.2, -0.15) is 4.31 Å². The molecule has 0 saturated carbocycles. The number of fused-ring (bicyclic) bond motifs is 1. The number of rotatable bonds is 8. The molecule has 0 aliphatic carbocycles. The average molecular weight is 485 g/mol. The number of aromatic amines is 1. The predicted molar refractivity (Wildman–Crippen MR) is 128 cm³/mol. The highest BCUT2D eigenvalue weighted by Gasteiger charge is 2.30. The number of hydrogen-bond donors (Lipinski definition) is 1. The van der Waals surface area contributed by atoms with Crippen molar-refractivity contribution in [3.8, 4) is 0 Å². The second-order valence-electron chi connectivity index (χ2n) is 8.35. The first kappa shape index (κ1) is 24.1. The summed E-state index contributed by atoms with van der Waals surface area (Å²) >= 11 is 0. The largest absolute Gasteiger partial charge is 0.465 e. The van der Waals surface area contributed by atoms with Crippen molar-refractivity contribution in [3.63, 3.8) is 0 Å². The number of pyridine rings is 1. The number of sulfonamides is 1. The van der Waals surface area contributed by atoms with Gasteiger partial charge in [0, 0.05) is 30.8 Å². The van der Waals surface area contributed by atoms with Crippen molar-refractivity contribution in [2.45, 2.75) is 43.7 Å². The number of methoxy groups -OCH3 is 1. The van der Waals surface area contributed by atoms with Gasteiger partial charge in [-0.15, -0.1) is 0 Å². The molecule has 2 heterocycles. The Morgan fingerprint density at radius 1 is 1.18 bits per heavy atom. The Labute approximate surface area is 198 Å². The third-order valence-electron chi connectivity index (χ3n) is 6.08. The molecule has 1 atom stereocenters. The number of aryl methyl sites for hydroxylation is 1. The number of carbonyl (C=O) groups excluding carboxylic acids is 1. The number of nitrogens with zero attached hydrogens (tertiary/aromatic N) is 1. The number of esters is 1. The molecule has 1 saturated heterocycles. The van der Waals surface area contributed by atoms with Gasteiger partial charge in [-0.1, -0.05) is 13.0 Å². The van der Waals surface area contributed by atoms with Gasteiger partial charge in [-0.3, -0.25) is 4.79 Å². The quantitative estimate of drug-likeness (QED) is 0.492. The highest BCUT2D eigenvalue weighted by Crippen LogP contribution is 2.23. The third-order valence-corrected chi connectivity index (χ3v) is 7.91. The van der Waals surface area contributed by atoms with Crippen LogP contribution >= 0.6 is 0 Å². The molecule has 1 aliphatic rings. The Kier molecular flexibility index (Phi) is 7.16. The topological polar surface area (TPSA) is 106 Å². The van der Waals surface area contributed by atoms with Gasteiger partial charge in [0.05, 0.1) is 23.7 Å². The number of nitrogens with one attached hydrogen (secondary N) is 1. The van der Waals surface area contributed by atoms with Crippen LogP contribution in [0, 0.1) is 0 Å². The first-order chi connectivity index (χ1) is 16.3. The summed E-state index contributed by atoms with van der Waals surface area (Å²) in [6.45, 7) is 2.67. The minimum absolute atomic E-state index is 0.0311. The molecule has 34 heavy (non-hydrogen) atoms. The van der Waals surface area contributed by atoms with E-state index in [-0.39, 0.29) is 35.2 Å². The lowest BCUT2D eigenvalue weighted by Crippen LogP contribution is -2.38. The molecule has 0 spiro atoms. The lowest BCUT2D eigenvalue weighted by Gasteiger charge is -2.25. The summed E-state index contributed by atoms with van der Waals surface area (Å²) in [5.41, 5.74) is 2.11. The van der Waals surface area contributed by atoms with E-state index >= 15 is 0 Å². The zero-order valence-electron chi connectivity index (χ0n) is 19.2. The summed E-state index contributed by atoms with van der Waals surface area (Å²) in [6, 6.07) is 13.2. The summed E-state index contributed by atoms with van der Waals surface area (Å²) in [6.07, 6.45) is 2.23. The molecule has 0 bridgehead atoms. The molecule has 1 aromatic heterocycles. The zero-order valence-corrected chi connectivity index (χ0v) is 20.1. The van der Waals surface area contributed by atoms with Gasteiger partial charge in [0.25, 0.3) is 5.56 Å². The van der Waals surface area contributed by atoms with E-state index in [1.165, 1.54) is 35.7 Å². The Balaban J connectivity index is 1.70. The van der Waals surface area contributed by atoms with Crippen molar-refractivity contribution in [2.24, 2.45) is 0 Å². The lowest BCUT2D eigenvalue weighted by molar-refractivity contribution is 0.0600. The Morgan fingerprint density at radius 2 is 1.94 bits per heavy atom. The molecule has 3 aromatic rings. The van der Waals surface area contributed by atoms with E-state index in [0.717, 1.165) is 30.2 Å². The molecule has 1 aliphatic heterocycles. The third kappa shape index (κ3) is 5.06. The number of hydrogen-bond acceptors (Lipinski definition) is 6. The fourth-order valence-electron chi connectivity index (χ4n) is 4.12. The summed E-state index contributed by atoms with van der Waals surface area (Å²) in [5.74, 6) is -0.547. The van der Waals surface area contributed by atoms with Crippen molar-refractivity contribution in [1.29, 1.82) is 0 Å². The maximum atomic E-state index is 13.6. The van der Waals surface area contributed by atoms with Crippen molar-refractivity contribution in [2.75, 3.05) is 20.3 Å². The highest BCUT2D eigenvalue weighted by molar-refractivity contribution is 7.89. The van der Waals surface area contributed by atoms with E-state index in [2.05, 4.69) is 16.6 Å². The van der Waals surface area contributed by atoms with Crippen LogP contribution in [-0.4, -0.2) is 50.0 Å². The molecule has 1 N–H and O–H groups in total. The Bertz CT molecular complexity index is 1340. The molecular formula is C25H28N2O6S. The first-order valence-corrected chi connectivity index (χ1v) is 12.7. The molecule has 8 nitrogen and oxygen atoms in total. The SMILES string of the molecule is CCc1ccc2[nH]c(=O)c(CN(C[C@@H]3CCCO3)S(=O)(=O)c3ccc(C(=O)OC)cc3)cc2c1. The smallest absolute Gasteiger partial charge is 0.337 e. The Morgan fingerprint density at radius 3 is 2.59 bits per heavy atom. The highest BCUT2D eigenvalue weighted by atomic mass is 32.2. The molecule has 2 aromatic carbocycles. The molecule has 4 rings (SSSR count). The standard InChI is InChI=1S/C25H28N2O6S/c1-3-17-6-11-23-19(13-17)14-20(24(28)26-23)15-27(16-21-5-4-12-33-21)34(30,31)22-9-7-18(8-10-22)25(29)32-2/h6-11,13-14,21H,3-5,12,15-16H2,1-2H3,(H,26,28)/t21-/m0/s1. The van der Waals surface area contributed by atoms with Gasteiger partial charge in [-0.25, -0.2) is 13.2 Å². The maximum absolute atomic E-state index is 13.6. The molecular weight excluding hydrogens is 456 g/mol. The van der Waals surface area contributed by atoms with Crippen molar-refractivity contribution < 1.29 is 22.7 Å². The number of H-pyrrole nitrogens is 1. The number of ether oxygens (including phenoxy) is 2. The monoisotopic (exact) mass is 484 g/mol. The van der Waals surface area contributed by atoms with Crippen LogP contribution < -0.4 is 5.56 Å². The van der Waals surface area contributed by atoms with E-state index in [0.29, 0.717) is 17.7 Å². The van der Waals surface area contributed by atoms with Gasteiger partial charge in [0.1, 0.15) is 0 Å². The minimum atomic E-state index is -3.97. The van der Waals surface area contributed by atoms with E-state index in [1.807, 2.05) is 18.2 Å². The molecule has 0 unspecified atom stereocenters. The zero-order chi connectivity index (χ0) is 24.3. The van der Waals surface area contributed by atoms with Crippen molar-refractivity contribution in [3.05, 3.63) is 75.6 Å². The molecule has 0 radical (unpaired) electrons. The van der Waals surface area contributed by atoms with Gasteiger partial charge in [0.2, 0.25) is 10.0 Å². The van der Waals surface area contributed by atoms with Crippen LogP contribution in [0.2, 0.25) is 0 Å². The second kappa shape index (κ2) is 10.1. The first-order valence-electron chi connectivity index (χ1n) is 11.3. The molecule has 1 fully saturated rings. The number of benzene rings is 2. The summed E-state index contributed by atoms with van der Waals surface area (Å²) < 4.78 is 38.9. The van der Waals surface area contributed by atoms with Crippen LogP contribution in [0.4, 0.5) is 0 Å². The van der Waals surface area contributed by atoms with Crippen LogP contribution in [0.3, 0.4) is 0 Å². The molecule has 180 valence electrons. The maximum Gasteiger partial charge on any atom is 0.337 e. The van der Waals surface area contributed by atoms with E-state index in [4.69, 9.17) is 4.74 Å². The van der Waals surface area contributed by atoms with E-state index in [9.17, 15) is 18.0 Å². The minimum Gasteiger partial charge on any atom is -0.465 e.